The number of rotatable bonds is 18. The monoisotopic (exact) mass is 536 g/mol. The maximum Gasteiger partial charge on any atom is 0.0549 e. The van der Waals surface area contributed by atoms with E-state index in [1.54, 1.807) is 0 Å². The van der Waals surface area contributed by atoms with Gasteiger partial charge in [-0.15, -0.1) is 0 Å². The number of hydrogen-bond acceptors (Lipinski definition) is 4. The van der Waals surface area contributed by atoms with Gasteiger partial charge < -0.3 is 19.2 Å². The summed E-state index contributed by atoms with van der Waals surface area (Å²) in [5, 5.41) is 0. The molecule has 0 aliphatic rings. The summed E-state index contributed by atoms with van der Waals surface area (Å²) in [6.07, 6.45) is 26.4. The molecule has 32 heavy (non-hydrogen) atoms. The molecule has 0 aliphatic carbocycles. The van der Waals surface area contributed by atoms with E-state index in [-0.39, 0.29) is 0 Å². The van der Waals surface area contributed by atoms with Gasteiger partial charge in [0.25, 0.3) is 0 Å². The number of hydrogen-bond donors (Lipinski definition) is 0. The average Bonchev–Trinajstić information content (AvgIpc) is 2.73. The van der Waals surface area contributed by atoms with Gasteiger partial charge in [-0.2, -0.15) is 7.82 Å². The van der Waals surface area contributed by atoms with E-state index in [4.69, 9.17) is 19.2 Å². The van der Waals surface area contributed by atoms with Gasteiger partial charge in [-0.05, 0) is 64.3 Å². The Labute approximate surface area is 208 Å². The lowest BCUT2D eigenvalue weighted by Gasteiger charge is -2.36. The van der Waals surface area contributed by atoms with Crippen LogP contribution in [0.3, 0.4) is 0 Å². The molecule has 0 aromatic heterocycles. The zero-order chi connectivity index (χ0) is 25.3. The Bertz CT molecular complexity index is 270. The highest BCUT2D eigenvalue weighted by molar-refractivity contribution is 7.40. The molecule has 0 heterocycles. The molecule has 0 rings (SSSR count). The van der Waals surface area contributed by atoms with Crippen molar-refractivity contribution in [2.45, 2.75) is 119 Å². The SMILES string of the molecule is CCCC[PH2+]CCCC.CCCC[PH2+]CCCC.CCCC[PH2+]CCCC.O=P([O-])([O-])[O-]. The normalized spacial score (nSPS) is 10.3. The highest BCUT2D eigenvalue weighted by Gasteiger charge is 1.93. The lowest BCUT2D eigenvalue weighted by Crippen LogP contribution is -2.24. The molecular weight excluding hydrogens is 476 g/mol. The molecule has 0 radical (unpaired) electrons. The van der Waals surface area contributed by atoms with Gasteiger partial charge in [0.2, 0.25) is 0 Å². The summed E-state index contributed by atoms with van der Waals surface area (Å²) in [6, 6.07) is 0. The molecule has 200 valence electrons. The first-order valence-electron chi connectivity index (χ1n) is 13.4. The Hall–Kier alpha value is 1.40. The third-order valence-corrected chi connectivity index (χ3v) is 9.47. The van der Waals surface area contributed by atoms with Crippen LogP contribution in [-0.2, 0) is 4.57 Å². The van der Waals surface area contributed by atoms with Gasteiger partial charge in [0.05, 0.1) is 37.0 Å². The van der Waals surface area contributed by atoms with E-state index in [1.807, 2.05) is 0 Å². The molecule has 0 bridgehead atoms. The van der Waals surface area contributed by atoms with Gasteiger partial charge in [0, 0.05) is 0 Å². The molecule has 0 spiro atoms. The fraction of sp³-hybridized carbons (Fsp3) is 1.00. The van der Waals surface area contributed by atoms with Crippen LogP contribution in [0, 0.1) is 0 Å². The van der Waals surface area contributed by atoms with Crippen LogP contribution in [0.4, 0.5) is 0 Å². The van der Waals surface area contributed by atoms with Crippen molar-refractivity contribution in [2.75, 3.05) is 37.0 Å². The van der Waals surface area contributed by atoms with Crippen molar-refractivity contribution in [3.63, 3.8) is 0 Å². The molecule has 0 fully saturated rings. The predicted octanol–water partition coefficient (Wildman–Crippen LogP) is 6.17. The number of phosphoric acid groups is 1. The second kappa shape index (κ2) is 39.6. The highest BCUT2D eigenvalue weighted by atomic mass is 31.2. The van der Waals surface area contributed by atoms with Gasteiger partial charge in [0.1, 0.15) is 0 Å². The lowest BCUT2D eigenvalue weighted by molar-refractivity contribution is -0.432. The van der Waals surface area contributed by atoms with Gasteiger partial charge >= 0.3 is 0 Å². The van der Waals surface area contributed by atoms with Gasteiger partial charge in [-0.25, -0.2) is 0 Å². The number of unbranched alkanes of at least 4 members (excludes halogenated alkanes) is 6. The van der Waals surface area contributed by atoms with Crippen LogP contribution in [0.25, 0.3) is 0 Å². The van der Waals surface area contributed by atoms with Crippen molar-refractivity contribution >= 4 is 33.6 Å². The Balaban J connectivity index is -0.000000167. The third kappa shape index (κ3) is 77.1. The minimum atomic E-state index is -5.39. The molecule has 0 aromatic carbocycles. The molecule has 8 heteroatoms. The van der Waals surface area contributed by atoms with Crippen molar-refractivity contribution in [3.05, 3.63) is 0 Å². The largest absolute Gasteiger partial charge is 0.822 e. The summed E-state index contributed by atoms with van der Waals surface area (Å²) < 4.78 is 8.55. The van der Waals surface area contributed by atoms with Gasteiger partial charge in [-0.1, -0.05) is 80.1 Å². The summed E-state index contributed by atoms with van der Waals surface area (Å²) in [5.41, 5.74) is 0. The van der Waals surface area contributed by atoms with Crippen molar-refractivity contribution in [1.29, 1.82) is 0 Å². The summed E-state index contributed by atoms with van der Waals surface area (Å²) in [7, 11) is -2.94. The van der Waals surface area contributed by atoms with Crippen molar-refractivity contribution in [3.8, 4) is 0 Å². The Kier molecular flexibility index (Phi) is 50.2. The summed E-state index contributed by atoms with van der Waals surface area (Å²) in [5.74, 6) is 0. The predicted molar refractivity (Wildman–Crippen MR) is 155 cm³/mol. The Morgan fingerprint density at radius 3 is 0.656 bits per heavy atom. The minimum absolute atomic E-state index is 0.818. The topological polar surface area (TPSA) is 86.2 Å². The van der Waals surface area contributed by atoms with E-state index in [0.717, 1.165) is 25.7 Å². The Morgan fingerprint density at radius 2 is 0.562 bits per heavy atom. The van der Waals surface area contributed by atoms with Crippen LogP contribution in [-0.4, -0.2) is 37.0 Å². The molecule has 0 atom stereocenters. The minimum Gasteiger partial charge on any atom is -0.822 e. The summed E-state index contributed by atoms with van der Waals surface area (Å²) >= 11 is 0. The molecule has 4 nitrogen and oxygen atoms in total. The summed E-state index contributed by atoms with van der Waals surface area (Å²) in [4.78, 5) is 25.6. The molecule has 0 unspecified atom stereocenters. The van der Waals surface area contributed by atoms with Crippen LogP contribution >= 0.6 is 33.6 Å². The zero-order valence-corrected chi connectivity index (χ0v) is 26.9. The van der Waals surface area contributed by atoms with Gasteiger partial charge in [-0.3, -0.25) is 0 Å². The van der Waals surface area contributed by atoms with E-state index >= 15 is 0 Å². The Morgan fingerprint density at radius 1 is 0.438 bits per heavy atom. The van der Waals surface area contributed by atoms with Crippen LogP contribution in [0.2, 0.25) is 0 Å². The second-order valence-electron chi connectivity index (χ2n) is 8.17. The average molecular weight is 537 g/mol. The summed E-state index contributed by atoms with van der Waals surface area (Å²) in [6.45, 7) is 13.7. The maximum absolute atomic E-state index is 8.55. The van der Waals surface area contributed by atoms with E-state index in [9.17, 15) is 0 Å². The maximum atomic E-state index is 8.55. The van der Waals surface area contributed by atoms with Crippen LogP contribution in [0.5, 0.6) is 0 Å². The zero-order valence-electron chi connectivity index (χ0n) is 22.5. The smallest absolute Gasteiger partial charge is 0.0549 e. The highest BCUT2D eigenvalue weighted by Crippen LogP contribution is 2.15. The first kappa shape index (κ1) is 40.6. The molecule has 0 aliphatic heterocycles. The second-order valence-corrected chi connectivity index (χ2v) is 14.3. The fourth-order valence-corrected chi connectivity index (χ4v) is 7.57. The molecule has 0 N–H and O–H groups in total. The molecule has 0 amide bonds. The molecule has 0 saturated heterocycles. The van der Waals surface area contributed by atoms with Crippen LogP contribution in [0.1, 0.15) is 119 Å². The van der Waals surface area contributed by atoms with Crippen LogP contribution < -0.4 is 14.7 Å². The quantitative estimate of drug-likeness (QED) is 0.155. The molecule has 0 saturated carbocycles. The van der Waals surface area contributed by atoms with Crippen molar-refractivity contribution in [2.24, 2.45) is 0 Å². The first-order valence-corrected chi connectivity index (χ1v) is 19.8. The van der Waals surface area contributed by atoms with Crippen molar-refractivity contribution in [1.82, 2.24) is 0 Å². The van der Waals surface area contributed by atoms with E-state index in [2.05, 4.69) is 41.5 Å². The molecule has 0 aromatic rings. The molecular formula is C24H60O4P4. The van der Waals surface area contributed by atoms with Gasteiger partial charge in [0.15, 0.2) is 0 Å². The van der Waals surface area contributed by atoms with E-state index < -0.39 is 7.82 Å². The van der Waals surface area contributed by atoms with E-state index in [1.165, 1.54) is 114 Å². The van der Waals surface area contributed by atoms with E-state index in [0.29, 0.717) is 0 Å². The first-order chi connectivity index (χ1) is 15.2. The van der Waals surface area contributed by atoms with Crippen molar-refractivity contribution < 1.29 is 19.2 Å². The standard InChI is InChI=1S/3C8H19P.H3O4P/c3*1-3-5-7-9-8-6-4-2;1-5(2,3)4/h3*9H,3-8H2,1-2H3;(H3,1,2,3,4). The fourth-order valence-electron chi connectivity index (χ4n) is 2.52. The third-order valence-electron chi connectivity index (χ3n) is 4.57. The lowest BCUT2D eigenvalue weighted by atomic mass is 10.4. The van der Waals surface area contributed by atoms with Crippen LogP contribution in [0.15, 0.2) is 0 Å².